The molecule has 0 saturated heterocycles. The van der Waals surface area contributed by atoms with Gasteiger partial charge in [0.25, 0.3) is 0 Å². The molecule has 1 unspecified atom stereocenters. The van der Waals surface area contributed by atoms with Gasteiger partial charge in [0.1, 0.15) is 0 Å². The standard InChI is InChI=1S/C11H14ClN/c1-2-4-11(13)8-9-5-3-6-10(12)7-9/h2-3,5-7,11H,1,4,8,13H2. The third-order valence-corrected chi connectivity index (χ3v) is 2.09. The fourth-order valence-electron chi connectivity index (χ4n) is 1.26. The minimum absolute atomic E-state index is 0.149. The summed E-state index contributed by atoms with van der Waals surface area (Å²) in [6.45, 7) is 3.65. The van der Waals surface area contributed by atoms with Crippen LogP contribution in [0.4, 0.5) is 0 Å². The fraction of sp³-hybridized carbons (Fsp3) is 0.273. The van der Waals surface area contributed by atoms with Gasteiger partial charge >= 0.3 is 0 Å². The second kappa shape index (κ2) is 5.05. The number of hydrogen-bond acceptors (Lipinski definition) is 1. The molecule has 0 saturated carbocycles. The lowest BCUT2D eigenvalue weighted by Crippen LogP contribution is -2.21. The van der Waals surface area contributed by atoms with E-state index in [1.807, 2.05) is 30.3 Å². The average molecular weight is 196 g/mol. The molecule has 0 heterocycles. The zero-order valence-corrected chi connectivity index (χ0v) is 8.30. The Labute approximate surface area is 84.2 Å². The van der Waals surface area contributed by atoms with Crippen LogP contribution in [0.5, 0.6) is 0 Å². The highest BCUT2D eigenvalue weighted by atomic mass is 35.5. The van der Waals surface area contributed by atoms with Crippen LogP contribution >= 0.6 is 11.6 Å². The van der Waals surface area contributed by atoms with Gasteiger partial charge in [0.05, 0.1) is 0 Å². The summed E-state index contributed by atoms with van der Waals surface area (Å²) in [5.74, 6) is 0. The van der Waals surface area contributed by atoms with E-state index in [9.17, 15) is 0 Å². The Kier molecular flexibility index (Phi) is 4.00. The fourth-order valence-corrected chi connectivity index (χ4v) is 1.48. The van der Waals surface area contributed by atoms with Gasteiger partial charge in [-0.25, -0.2) is 0 Å². The topological polar surface area (TPSA) is 26.0 Å². The minimum Gasteiger partial charge on any atom is -0.327 e. The van der Waals surface area contributed by atoms with Gasteiger partial charge in [-0.05, 0) is 30.5 Å². The Bertz CT molecular complexity index is 283. The molecule has 0 fully saturated rings. The molecule has 0 aromatic heterocycles. The Morgan fingerprint density at radius 3 is 2.92 bits per heavy atom. The van der Waals surface area contributed by atoms with E-state index in [-0.39, 0.29) is 6.04 Å². The van der Waals surface area contributed by atoms with E-state index in [1.165, 1.54) is 5.56 Å². The maximum absolute atomic E-state index is 5.85. The molecule has 2 N–H and O–H groups in total. The molecule has 1 aromatic rings. The lowest BCUT2D eigenvalue weighted by molar-refractivity contribution is 0.680. The summed E-state index contributed by atoms with van der Waals surface area (Å²) >= 11 is 5.84. The van der Waals surface area contributed by atoms with Crippen molar-refractivity contribution >= 4 is 11.6 Å². The molecule has 70 valence electrons. The number of benzene rings is 1. The van der Waals surface area contributed by atoms with Crippen molar-refractivity contribution in [2.45, 2.75) is 18.9 Å². The smallest absolute Gasteiger partial charge is 0.0408 e. The van der Waals surface area contributed by atoms with Gasteiger partial charge in [-0.2, -0.15) is 0 Å². The van der Waals surface area contributed by atoms with E-state index in [1.54, 1.807) is 0 Å². The van der Waals surface area contributed by atoms with Crippen molar-refractivity contribution in [3.63, 3.8) is 0 Å². The average Bonchev–Trinajstić information content (AvgIpc) is 2.04. The van der Waals surface area contributed by atoms with Crippen molar-refractivity contribution in [2.24, 2.45) is 5.73 Å². The van der Waals surface area contributed by atoms with Crippen LogP contribution < -0.4 is 5.73 Å². The molecule has 1 aromatic carbocycles. The first-order valence-corrected chi connectivity index (χ1v) is 4.71. The SMILES string of the molecule is C=CCC(N)Cc1cccc(Cl)c1. The van der Waals surface area contributed by atoms with Crippen LogP contribution in [-0.2, 0) is 6.42 Å². The van der Waals surface area contributed by atoms with Crippen LogP contribution in [0.2, 0.25) is 5.02 Å². The summed E-state index contributed by atoms with van der Waals surface area (Å²) in [6, 6.07) is 7.94. The van der Waals surface area contributed by atoms with Crippen LogP contribution in [0.15, 0.2) is 36.9 Å². The highest BCUT2D eigenvalue weighted by Gasteiger charge is 2.01. The van der Waals surface area contributed by atoms with E-state index in [4.69, 9.17) is 17.3 Å². The molecule has 2 heteroatoms. The summed E-state index contributed by atoms with van der Waals surface area (Å²) < 4.78 is 0. The van der Waals surface area contributed by atoms with Crippen molar-refractivity contribution in [1.29, 1.82) is 0 Å². The monoisotopic (exact) mass is 195 g/mol. The maximum atomic E-state index is 5.85. The van der Waals surface area contributed by atoms with Crippen molar-refractivity contribution in [3.05, 3.63) is 47.5 Å². The zero-order valence-electron chi connectivity index (χ0n) is 7.54. The lowest BCUT2D eigenvalue weighted by atomic mass is 10.0. The quantitative estimate of drug-likeness (QED) is 0.735. The molecule has 13 heavy (non-hydrogen) atoms. The normalized spacial score (nSPS) is 12.5. The molecule has 0 aliphatic carbocycles. The largest absolute Gasteiger partial charge is 0.327 e. The van der Waals surface area contributed by atoms with E-state index in [0.29, 0.717) is 0 Å². The lowest BCUT2D eigenvalue weighted by Gasteiger charge is -2.08. The van der Waals surface area contributed by atoms with Gasteiger partial charge in [0.15, 0.2) is 0 Å². The van der Waals surface area contributed by atoms with Crippen LogP contribution in [0.25, 0.3) is 0 Å². The first kappa shape index (κ1) is 10.3. The molecule has 0 bridgehead atoms. The van der Waals surface area contributed by atoms with Crippen LogP contribution in [0.3, 0.4) is 0 Å². The predicted molar refractivity (Wildman–Crippen MR) is 57.9 cm³/mol. The first-order chi connectivity index (χ1) is 6.22. The van der Waals surface area contributed by atoms with E-state index in [0.717, 1.165) is 17.9 Å². The summed E-state index contributed by atoms with van der Waals surface area (Å²) in [7, 11) is 0. The molecule has 1 rings (SSSR count). The molecule has 1 nitrogen and oxygen atoms in total. The summed E-state index contributed by atoms with van der Waals surface area (Å²) in [6.07, 6.45) is 3.54. The molecular formula is C11H14ClN. The Morgan fingerprint density at radius 2 is 2.31 bits per heavy atom. The molecule has 1 atom stereocenters. The van der Waals surface area contributed by atoms with E-state index in [2.05, 4.69) is 6.58 Å². The summed E-state index contributed by atoms with van der Waals surface area (Å²) in [4.78, 5) is 0. The highest BCUT2D eigenvalue weighted by Crippen LogP contribution is 2.12. The number of hydrogen-bond donors (Lipinski definition) is 1. The molecule has 0 aliphatic heterocycles. The predicted octanol–water partition coefficient (Wildman–Crippen LogP) is 2.79. The third-order valence-electron chi connectivity index (χ3n) is 1.86. The Morgan fingerprint density at radius 1 is 1.54 bits per heavy atom. The highest BCUT2D eigenvalue weighted by molar-refractivity contribution is 6.30. The molecular weight excluding hydrogens is 182 g/mol. The zero-order chi connectivity index (χ0) is 9.68. The summed E-state index contributed by atoms with van der Waals surface area (Å²) in [5.41, 5.74) is 7.03. The minimum atomic E-state index is 0.149. The summed E-state index contributed by atoms with van der Waals surface area (Å²) in [5, 5.41) is 0.767. The van der Waals surface area contributed by atoms with Gasteiger partial charge in [0, 0.05) is 11.1 Å². The first-order valence-electron chi connectivity index (χ1n) is 4.33. The second-order valence-electron chi connectivity index (χ2n) is 3.12. The van der Waals surface area contributed by atoms with Crippen molar-refractivity contribution in [1.82, 2.24) is 0 Å². The van der Waals surface area contributed by atoms with Crippen molar-refractivity contribution in [2.75, 3.05) is 0 Å². The second-order valence-corrected chi connectivity index (χ2v) is 3.55. The van der Waals surface area contributed by atoms with E-state index < -0.39 is 0 Å². The number of rotatable bonds is 4. The molecule has 0 amide bonds. The van der Waals surface area contributed by atoms with Crippen molar-refractivity contribution in [3.8, 4) is 0 Å². The Balaban J connectivity index is 2.58. The third kappa shape index (κ3) is 3.62. The molecule has 0 spiro atoms. The number of nitrogens with two attached hydrogens (primary N) is 1. The van der Waals surface area contributed by atoms with Gasteiger partial charge in [-0.15, -0.1) is 6.58 Å². The Hall–Kier alpha value is -0.790. The maximum Gasteiger partial charge on any atom is 0.0408 e. The van der Waals surface area contributed by atoms with Gasteiger partial charge in [-0.3, -0.25) is 0 Å². The van der Waals surface area contributed by atoms with Gasteiger partial charge in [0.2, 0.25) is 0 Å². The van der Waals surface area contributed by atoms with E-state index >= 15 is 0 Å². The molecule has 0 radical (unpaired) electrons. The van der Waals surface area contributed by atoms with Gasteiger partial charge in [-0.1, -0.05) is 29.8 Å². The number of halogens is 1. The van der Waals surface area contributed by atoms with Crippen molar-refractivity contribution < 1.29 is 0 Å². The molecule has 0 aliphatic rings. The van der Waals surface area contributed by atoms with Crippen LogP contribution in [-0.4, -0.2) is 6.04 Å². The van der Waals surface area contributed by atoms with Gasteiger partial charge < -0.3 is 5.73 Å². The van der Waals surface area contributed by atoms with Crippen LogP contribution in [0.1, 0.15) is 12.0 Å². The van der Waals surface area contributed by atoms with Crippen LogP contribution in [0, 0.1) is 0 Å².